The average molecular weight is 436 g/mol. The molecular weight excluding hydrogens is 412 g/mol. The fraction of sp³-hybridized carbons (Fsp3) is 0.333. The molecule has 160 valence electrons. The Morgan fingerprint density at radius 2 is 1.83 bits per heavy atom. The zero-order valence-corrected chi connectivity index (χ0v) is 17.5. The lowest BCUT2D eigenvalue weighted by Gasteiger charge is -2.44. The molecule has 1 saturated heterocycles. The number of hydrogen-bond donors (Lipinski definition) is 3. The molecule has 6 nitrogen and oxygen atoms in total. The van der Waals surface area contributed by atoms with Crippen molar-refractivity contribution in [3.63, 3.8) is 0 Å². The van der Waals surface area contributed by atoms with Crippen molar-refractivity contribution in [2.45, 2.75) is 19.9 Å². The van der Waals surface area contributed by atoms with Crippen LogP contribution < -0.4 is 10.6 Å². The molecule has 1 unspecified atom stereocenters. The van der Waals surface area contributed by atoms with Gasteiger partial charge in [0.2, 0.25) is 0 Å². The van der Waals surface area contributed by atoms with Crippen LogP contribution in [0.3, 0.4) is 0 Å². The molecule has 2 aromatic rings. The van der Waals surface area contributed by atoms with Gasteiger partial charge in [-0.15, -0.1) is 0 Å². The second-order valence-corrected chi connectivity index (χ2v) is 7.90. The monoisotopic (exact) mass is 435 g/mol. The van der Waals surface area contributed by atoms with E-state index in [2.05, 4.69) is 10.6 Å². The quantitative estimate of drug-likeness (QED) is 0.477. The predicted molar refractivity (Wildman–Crippen MR) is 115 cm³/mol. The minimum Gasteiger partial charge on any atom is -0.336 e. The number of anilines is 2. The van der Waals surface area contributed by atoms with Crippen molar-refractivity contribution in [1.82, 2.24) is 9.80 Å². The van der Waals surface area contributed by atoms with Crippen molar-refractivity contribution in [2.75, 3.05) is 30.3 Å². The second-order valence-electron chi connectivity index (χ2n) is 7.46. The molecule has 0 bridgehead atoms. The number of benzene rings is 2. The number of halogens is 3. The summed E-state index contributed by atoms with van der Waals surface area (Å²) in [6.45, 7) is 5.16. The fourth-order valence-corrected chi connectivity index (χ4v) is 3.50. The largest absolute Gasteiger partial charge is 0.336 e. The molecule has 1 atom stereocenters. The highest BCUT2D eigenvalue weighted by atomic mass is 35.5. The number of guanidine groups is 1. The summed E-state index contributed by atoms with van der Waals surface area (Å²) in [4.78, 5) is 16.1. The molecule has 1 fully saturated rings. The van der Waals surface area contributed by atoms with Crippen LogP contribution >= 0.6 is 11.6 Å². The van der Waals surface area contributed by atoms with Crippen LogP contribution in [0.4, 0.5) is 25.0 Å². The van der Waals surface area contributed by atoms with Gasteiger partial charge in [0.15, 0.2) is 17.6 Å². The summed E-state index contributed by atoms with van der Waals surface area (Å²) in [5.41, 5.74) is 0.550. The van der Waals surface area contributed by atoms with Gasteiger partial charge in [-0.05, 0) is 42.3 Å². The molecule has 0 spiro atoms. The summed E-state index contributed by atoms with van der Waals surface area (Å²) in [6, 6.07) is 10.2. The van der Waals surface area contributed by atoms with E-state index >= 15 is 0 Å². The fourth-order valence-electron chi connectivity index (χ4n) is 3.38. The first-order valence-electron chi connectivity index (χ1n) is 9.64. The zero-order valence-electron chi connectivity index (χ0n) is 16.8. The first-order chi connectivity index (χ1) is 14.3. The maximum Gasteiger partial charge on any atom is 0.321 e. The van der Waals surface area contributed by atoms with E-state index < -0.39 is 11.6 Å². The van der Waals surface area contributed by atoms with Gasteiger partial charge in [-0.1, -0.05) is 31.5 Å². The Hall–Kier alpha value is -2.87. The summed E-state index contributed by atoms with van der Waals surface area (Å²) < 4.78 is 27.4. The number of carbonyl (C=O) groups excluding carboxylic acids is 1. The minimum absolute atomic E-state index is 0.0315. The molecule has 0 saturated carbocycles. The summed E-state index contributed by atoms with van der Waals surface area (Å²) in [6.07, 6.45) is 0. The first-order valence-corrected chi connectivity index (χ1v) is 10.0. The minimum atomic E-state index is -1.02. The summed E-state index contributed by atoms with van der Waals surface area (Å²) in [7, 11) is 0. The smallest absolute Gasteiger partial charge is 0.321 e. The molecule has 3 N–H and O–H groups in total. The van der Waals surface area contributed by atoms with Gasteiger partial charge in [-0.25, -0.2) is 13.6 Å². The van der Waals surface area contributed by atoms with Gasteiger partial charge < -0.3 is 20.4 Å². The van der Waals surface area contributed by atoms with E-state index in [-0.39, 0.29) is 29.6 Å². The van der Waals surface area contributed by atoms with Crippen molar-refractivity contribution in [3.05, 3.63) is 59.1 Å². The Labute approximate surface area is 179 Å². The van der Waals surface area contributed by atoms with Gasteiger partial charge in [0.05, 0.1) is 11.7 Å². The van der Waals surface area contributed by atoms with E-state index in [0.29, 0.717) is 30.3 Å². The number of rotatable bonds is 3. The number of piperazine rings is 1. The van der Waals surface area contributed by atoms with Crippen LogP contribution in [-0.4, -0.2) is 47.5 Å². The van der Waals surface area contributed by atoms with Crippen LogP contribution in [0.5, 0.6) is 0 Å². The Morgan fingerprint density at radius 1 is 1.13 bits per heavy atom. The molecule has 0 aliphatic carbocycles. The van der Waals surface area contributed by atoms with Gasteiger partial charge in [-0.3, -0.25) is 5.41 Å². The highest BCUT2D eigenvalue weighted by molar-refractivity contribution is 6.30. The van der Waals surface area contributed by atoms with E-state index in [0.717, 1.165) is 6.07 Å². The molecule has 1 heterocycles. The highest BCUT2D eigenvalue weighted by Crippen LogP contribution is 2.22. The van der Waals surface area contributed by atoms with E-state index in [1.165, 1.54) is 12.1 Å². The number of amides is 2. The lowest BCUT2D eigenvalue weighted by molar-refractivity contribution is 0.119. The molecular formula is C21H24ClF2N5O. The van der Waals surface area contributed by atoms with E-state index in [4.69, 9.17) is 17.0 Å². The Balaban J connectivity index is 1.67. The highest BCUT2D eigenvalue weighted by Gasteiger charge is 2.33. The molecule has 9 heteroatoms. The second kappa shape index (κ2) is 9.30. The maximum absolute atomic E-state index is 14.0. The lowest BCUT2D eigenvalue weighted by atomic mass is 10.00. The lowest BCUT2D eigenvalue weighted by Crippen LogP contribution is -2.60. The third-order valence-corrected chi connectivity index (χ3v) is 5.31. The van der Waals surface area contributed by atoms with Crippen molar-refractivity contribution in [3.8, 4) is 0 Å². The van der Waals surface area contributed by atoms with Crippen LogP contribution in [0.15, 0.2) is 42.5 Å². The van der Waals surface area contributed by atoms with Gasteiger partial charge in [0.25, 0.3) is 0 Å². The van der Waals surface area contributed by atoms with E-state index in [1.807, 2.05) is 13.8 Å². The molecule has 0 aromatic heterocycles. The van der Waals surface area contributed by atoms with Gasteiger partial charge in [0.1, 0.15) is 0 Å². The average Bonchev–Trinajstić information content (AvgIpc) is 2.72. The molecule has 1 aliphatic heterocycles. The van der Waals surface area contributed by atoms with Crippen molar-refractivity contribution >= 4 is 35.0 Å². The zero-order chi connectivity index (χ0) is 21.8. The number of carbonyl (C=O) groups is 1. The van der Waals surface area contributed by atoms with Crippen molar-refractivity contribution in [2.24, 2.45) is 5.92 Å². The number of nitrogens with one attached hydrogen (secondary N) is 3. The molecule has 2 aromatic carbocycles. The third-order valence-electron chi connectivity index (χ3n) is 5.06. The Kier molecular flexibility index (Phi) is 6.77. The first kappa shape index (κ1) is 21.8. The Morgan fingerprint density at radius 3 is 2.50 bits per heavy atom. The van der Waals surface area contributed by atoms with Crippen LogP contribution in [-0.2, 0) is 0 Å². The van der Waals surface area contributed by atoms with E-state index in [1.54, 1.807) is 34.1 Å². The molecule has 3 rings (SSSR count). The summed E-state index contributed by atoms with van der Waals surface area (Å²) in [5, 5.41) is 14.5. The number of hydrogen-bond acceptors (Lipinski definition) is 2. The molecule has 2 amide bonds. The summed E-state index contributed by atoms with van der Waals surface area (Å²) in [5.74, 6) is -1.91. The summed E-state index contributed by atoms with van der Waals surface area (Å²) >= 11 is 5.87. The molecule has 30 heavy (non-hydrogen) atoms. The van der Waals surface area contributed by atoms with Crippen molar-refractivity contribution < 1.29 is 13.6 Å². The van der Waals surface area contributed by atoms with Crippen LogP contribution in [0.1, 0.15) is 13.8 Å². The number of urea groups is 1. The predicted octanol–water partition coefficient (Wildman–Crippen LogP) is 4.84. The molecule has 0 radical (unpaired) electrons. The van der Waals surface area contributed by atoms with Gasteiger partial charge in [0, 0.05) is 30.3 Å². The van der Waals surface area contributed by atoms with Crippen LogP contribution in [0, 0.1) is 23.0 Å². The topological polar surface area (TPSA) is 71.5 Å². The normalized spacial score (nSPS) is 16.5. The van der Waals surface area contributed by atoms with Crippen molar-refractivity contribution in [1.29, 1.82) is 5.41 Å². The third kappa shape index (κ3) is 4.99. The SMILES string of the molecule is CC(C)C1CN(C(=O)Nc2ccc(Cl)cc2)CCN1C(=N)Nc1cccc(F)c1F. The number of nitrogens with zero attached hydrogens (tertiary/aromatic N) is 2. The van der Waals surface area contributed by atoms with Gasteiger partial charge in [-0.2, -0.15) is 0 Å². The maximum atomic E-state index is 14.0. The Bertz CT molecular complexity index is 922. The van der Waals surface area contributed by atoms with Crippen LogP contribution in [0.2, 0.25) is 5.02 Å². The molecule has 1 aliphatic rings. The van der Waals surface area contributed by atoms with Gasteiger partial charge >= 0.3 is 6.03 Å². The van der Waals surface area contributed by atoms with Crippen LogP contribution in [0.25, 0.3) is 0 Å². The standard InChI is InChI=1S/C21H24ClF2N5O/c1-13(2)18-12-28(21(30)26-15-8-6-14(22)7-9-15)10-11-29(18)20(25)27-17-5-3-4-16(23)19(17)24/h3-9,13,18H,10-12H2,1-2H3,(H2,25,27)(H,26,30). The van der Waals surface area contributed by atoms with E-state index in [9.17, 15) is 13.6 Å².